The van der Waals surface area contributed by atoms with Crippen LogP contribution in [0.25, 0.3) is 0 Å². The van der Waals surface area contributed by atoms with Gasteiger partial charge in [-0.1, -0.05) is 15.9 Å². The molecule has 6 nitrogen and oxygen atoms in total. The number of nitro benzene ring substituents is 1. The van der Waals surface area contributed by atoms with Crippen molar-refractivity contribution in [2.45, 2.75) is 32.0 Å². The molecule has 0 radical (unpaired) electrons. The Morgan fingerprint density at radius 3 is 2.95 bits per heavy atom. The average Bonchev–Trinajstić information content (AvgIpc) is 3.18. The summed E-state index contributed by atoms with van der Waals surface area (Å²) < 4.78 is 2.57. The summed E-state index contributed by atoms with van der Waals surface area (Å²) in [5.41, 5.74) is 2.20. The van der Waals surface area contributed by atoms with Crippen LogP contribution in [0.1, 0.15) is 24.0 Å². The smallest absolute Gasteiger partial charge is 0.270 e. The van der Waals surface area contributed by atoms with Gasteiger partial charge < -0.3 is 5.32 Å². The van der Waals surface area contributed by atoms with Crippen LogP contribution in [0, 0.1) is 10.1 Å². The summed E-state index contributed by atoms with van der Waals surface area (Å²) in [6, 6.07) is 5.47. The van der Waals surface area contributed by atoms with E-state index in [1.54, 1.807) is 6.07 Å². The van der Waals surface area contributed by atoms with Crippen molar-refractivity contribution in [2.24, 2.45) is 0 Å². The van der Waals surface area contributed by atoms with Gasteiger partial charge in [0.15, 0.2) is 0 Å². The van der Waals surface area contributed by atoms with E-state index >= 15 is 0 Å². The largest absolute Gasteiger partial charge is 0.310 e. The lowest BCUT2D eigenvalue weighted by molar-refractivity contribution is -0.384. The number of nitrogens with one attached hydrogen (secondary N) is 1. The fraction of sp³-hybridized carbons (Fsp3) is 0.357. The number of benzene rings is 1. The summed E-state index contributed by atoms with van der Waals surface area (Å²) in [4.78, 5) is 10.3. The summed E-state index contributed by atoms with van der Waals surface area (Å²) in [6.45, 7) is 1.42. The minimum absolute atomic E-state index is 0.0837. The zero-order chi connectivity index (χ0) is 14.8. The number of hydrogen-bond acceptors (Lipinski definition) is 4. The number of nitrogens with zero attached hydrogens (tertiary/aromatic N) is 3. The molecule has 1 saturated carbocycles. The van der Waals surface area contributed by atoms with Crippen molar-refractivity contribution >= 4 is 21.6 Å². The van der Waals surface area contributed by atoms with Crippen LogP contribution >= 0.6 is 15.9 Å². The van der Waals surface area contributed by atoms with Gasteiger partial charge in [0.25, 0.3) is 5.69 Å². The van der Waals surface area contributed by atoms with Crippen molar-refractivity contribution in [1.82, 2.24) is 15.1 Å². The predicted molar refractivity (Wildman–Crippen MR) is 82.0 cm³/mol. The maximum Gasteiger partial charge on any atom is 0.270 e. The van der Waals surface area contributed by atoms with E-state index in [0.29, 0.717) is 12.6 Å². The first kappa shape index (κ1) is 14.2. The van der Waals surface area contributed by atoms with Gasteiger partial charge in [-0.3, -0.25) is 14.8 Å². The summed E-state index contributed by atoms with van der Waals surface area (Å²) in [7, 11) is 0. The lowest BCUT2D eigenvalue weighted by atomic mass is 10.2. The van der Waals surface area contributed by atoms with Gasteiger partial charge in [0.2, 0.25) is 0 Å². The summed E-state index contributed by atoms with van der Waals surface area (Å²) in [5.74, 6) is 0. The summed E-state index contributed by atoms with van der Waals surface area (Å²) in [6.07, 6.45) is 6.39. The average molecular weight is 351 g/mol. The van der Waals surface area contributed by atoms with Crippen molar-refractivity contribution in [1.29, 1.82) is 0 Å². The van der Waals surface area contributed by atoms with Gasteiger partial charge in [-0.05, 0) is 24.5 Å². The maximum absolute atomic E-state index is 10.7. The van der Waals surface area contributed by atoms with E-state index in [9.17, 15) is 10.1 Å². The zero-order valence-electron chi connectivity index (χ0n) is 11.3. The molecule has 7 heteroatoms. The Bertz CT molecular complexity index is 667. The summed E-state index contributed by atoms with van der Waals surface area (Å²) in [5, 5.41) is 18.5. The highest BCUT2D eigenvalue weighted by Gasteiger charge is 2.20. The molecule has 0 aliphatic heterocycles. The van der Waals surface area contributed by atoms with Crippen LogP contribution < -0.4 is 5.32 Å². The van der Waals surface area contributed by atoms with Crippen molar-refractivity contribution in [3.63, 3.8) is 0 Å². The Morgan fingerprint density at radius 1 is 1.48 bits per heavy atom. The van der Waals surface area contributed by atoms with Gasteiger partial charge in [-0.15, -0.1) is 0 Å². The predicted octanol–water partition coefficient (Wildman–Crippen LogP) is 2.85. The van der Waals surface area contributed by atoms with Gasteiger partial charge in [-0.25, -0.2) is 0 Å². The number of aromatic nitrogens is 2. The van der Waals surface area contributed by atoms with E-state index in [1.807, 2.05) is 17.1 Å². The third-order valence-electron chi connectivity index (χ3n) is 3.44. The molecular weight excluding hydrogens is 336 g/mol. The van der Waals surface area contributed by atoms with E-state index in [2.05, 4.69) is 26.3 Å². The first-order valence-corrected chi connectivity index (χ1v) is 7.58. The normalized spacial score (nSPS) is 14.3. The zero-order valence-corrected chi connectivity index (χ0v) is 12.9. The highest BCUT2D eigenvalue weighted by Crippen LogP contribution is 2.24. The molecule has 3 rings (SSSR count). The Kier molecular flexibility index (Phi) is 4.03. The second-order valence-electron chi connectivity index (χ2n) is 5.23. The fourth-order valence-electron chi connectivity index (χ4n) is 2.09. The first-order chi connectivity index (χ1) is 10.1. The Labute approximate surface area is 130 Å². The van der Waals surface area contributed by atoms with Crippen molar-refractivity contribution in [3.8, 4) is 0 Å². The first-order valence-electron chi connectivity index (χ1n) is 6.79. The molecule has 0 saturated heterocycles. The molecular formula is C14H15BrN4O2. The molecule has 0 bridgehead atoms. The molecule has 1 aromatic heterocycles. The molecule has 0 unspecified atom stereocenters. The van der Waals surface area contributed by atoms with Crippen molar-refractivity contribution < 1.29 is 4.92 Å². The minimum atomic E-state index is -0.399. The molecule has 1 aliphatic rings. The Hall–Kier alpha value is -1.73. The molecule has 0 atom stereocenters. The lowest BCUT2D eigenvalue weighted by Crippen LogP contribution is -2.14. The van der Waals surface area contributed by atoms with Crippen molar-refractivity contribution in [3.05, 3.63) is 56.3 Å². The molecule has 110 valence electrons. The van der Waals surface area contributed by atoms with E-state index in [1.165, 1.54) is 25.0 Å². The lowest BCUT2D eigenvalue weighted by Gasteiger charge is -2.05. The van der Waals surface area contributed by atoms with E-state index in [0.717, 1.165) is 22.1 Å². The molecule has 1 fully saturated rings. The Morgan fingerprint density at radius 2 is 2.29 bits per heavy atom. The van der Waals surface area contributed by atoms with Gasteiger partial charge in [-0.2, -0.15) is 5.10 Å². The Balaban J connectivity index is 1.66. The van der Waals surface area contributed by atoms with E-state index < -0.39 is 4.92 Å². The summed E-state index contributed by atoms with van der Waals surface area (Å²) >= 11 is 3.38. The van der Waals surface area contributed by atoms with Crippen LogP contribution in [0.2, 0.25) is 0 Å². The quantitative estimate of drug-likeness (QED) is 0.642. The van der Waals surface area contributed by atoms with E-state index in [4.69, 9.17) is 0 Å². The van der Waals surface area contributed by atoms with Gasteiger partial charge in [0, 0.05) is 41.0 Å². The number of nitro groups is 1. The molecule has 1 heterocycles. The molecule has 1 aliphatic carbocycles. The second-order valence-corrected chi connectivity index (χ2v) is 6.09. The van der Waals surface area contributed by atoms with Crippen LogP contribution in [0.3, 0.4) is 0 Å². The SMILES string of the molecule is O=[N+]([O-])c1ccc(Cn2cc(CNC3CC3)cn2)c(Br)c1. The topological polar surface area (TPSA) is 73.0 Å². The van der Waals surface area contributed by atoms with Crippen LogP contribution in [0.5, 0.6) is 0 Å². The standard InChI is InChI=1S/C14H15BrN4O2/c15-14-5-13(19(20)21)4-1-11(14)9-18-8-10(7-17-18)6-16-12-2-3-12/h1,4-5,7-8,12,16H,2-3,6,9H2. The highest BCUT2D eigenvalue weighted by molar-refractivity contribution is 9.10. The number of halogens is 1. The van der Waals surface area contributed by atoms with Crippen molar-refractivity contribution in [2.75, 3.05) is 0 Å². The third kappa shape index (κ3) is 3.68. The highest BCUT2D eigenvalue weighted by atomic mass is 79.9. The van der Waals surface area contributed by atoms with Crippen LogP contribution in [0.15, 0.2) is 35.1 Å². The van der Waals surface area contributed by atoms with Crippen LogP contribution in [0.4, 0.5) is 5.69 Å². The fourth-order valence-corrected chi connectivity index (χ4v) is 2.58. The number of non-ortho nitro benzene ring substituents is 1. The van der Waals surface area contributed by atoms with Gasteiger partial charge in [0.1, 0.15) is 0 Å². The molecule has 0 amide bonds. The van der Waals surface area contributed by atoms with Crippen LogP contribution in [-0.2, 0) is 13.1 Å². The van der Waals surface area contributed by atoms with E-state index in [-0.39, 0.29) is 5.69 Å². The monoisotopic (exact) mass is 350 g/mol. The molecule has 1 aromatic carbocycles. The van der Waals surface area contributed by atoms with Gasteiger partial charge in [0.05, 0.1) is 17.7 Å². The maximum atomic E-state index is 10.7. The second kappa shape index (κ2) is 5.95. The van der Waals surface area contributed by atoms with Gasteiger partial charge >= 0.3 is 0 Å². The molecule has 2 aromatic rings. The third-order valence-corrected chi connectivity index (χ3v) is 4.18. The number of rotatable bonds is 6. The minimum Gasteiger partial charge on any atom is -0.310 e. The molecule has 21 heavy (non-hydrogen) atoms. The van der Waals surface area contributed by atoms with Crippen LogP contribution in [-0.4, -0.2) is 20.7 Å². The molecule has 1 N–H and O–H groups in total. The number of hydrogen-bond donors (Lipinski definition) is 1. The molecule has 0 spiro atoms.